The van der Waals surface area contributed by atoms with Gasteiger partial charge in [-0.1, -0.05) is 18.5 Å². The second kappa shape index (κ2) is 9.44. The van der Waals surface area contributed by atoms with Crippen LogP contribution in [-0.2, 0) is 4.74 Å². The Kier molecular flexibility index (Phi) is 6.92. The van der Waals surface area contributed by atoms with Gasteiger partial charge >= 0.3 is 0 Å². The van der Waals surface area contributed by atoms with E-state index in [9.17, 15) is 4.79 Å². The number of aromatic nitrogens is 3. The van der Waals surface area contributed by atoms with Gasteiger partial charge in [-0.25, -0.2) is 14.4 Å². The molecule has 0 aliphatic carbocycles. The van der Waals surface area contributed by atoms with Crippen LogP contribution in [0.5, 0.6) is 5.75 Å². The fourth-order valence-corrected chi connectivity index (χ4v) is 5.52. The zero-order valence-corrected chi connectivity index (χ0v) is 23.4. The summed E-state index contributed by atoms with van der Waals surface area (Å²) >= 11 is 6.42. The number of imidazole rings is 1. The summed E-state index contributed by atoms with van der Waals surface area (Å²) in [6.45, 7) is 15.7. The Bertz CT molecular complexity index is 1350. The average molecular weight is 532 g/mol. The van der Waals surface area contributed by atoms with Gasteiger partial charge in [-0.15, -0.1) is 0 Å². The molecule has 0 radical (unpaired) electrons. The maximum absolute atomic E-state index is 15.7. The highest BCUT2D eigenvalue weighted by Gasteiger charge is 2.42. The van der Waals surface area contributed by atoms with Crippen LogP contribution < -0.4 is 10.5 Å². The third-order valence-electron chi connectivity index (χ3n) is 6.39. The molecule has 1 unspecified atom stereocenters. The first-order chi connectivity index (χ1) is 17.1. The zero-order chi connectivity index (χ0) is 27.4. The first kappa shape index (κ1) is 27.1. The van der Waals surface area contributed by atoms with E-state index in [1.165, 1.54) is 6.07 Å². The maximum Gasteiger partial charge on any atom is 0.260 e. The van der Waals surface area contributed by atoms with E-state index in [0.717, 1.165) is 0 Å². The molecule has 4 rings (SSSR count). The van der Waals surface area contributed by atoms with Crippen molar-refractivity contribution in [2.24, 2.45) is 0 Å². The van der Waals surface area contributed by atoms with Crippen LogP contribution in [0.3, 0.4) is 0 Å². The molecule has 8 nitrogen and oxygen atoms in total. The molecular weight excluding hydrogens is 497 g/mol. The molecule has 0 bridgehead atoms. The predicted molar refractivity (Wildman–Crippen MR) is 142 cm³/mol. The van der Waals surface area contributed by atoms with Crippen LogP contribution in [0.4, 0.5) is 10.2 Å². The first-order valence-corrected chi connectivity index (χ1v) is 12.8. The summed E-state index contributed by atoms with van der Waals surface area (Å²) in [6, 6.07) is 1.52. The second-order valence-corrected chi connectivity index (χ2v) is 11.6. The summed E-state index contributed by atoms with van der Waals surface area (Å²) in [5.74, 6) is -0.559. The lowest BCUT2D eigenvalue weighted by atomic mass is 9.94. The molecule has 1 saturated heterocycles. The smallest absolute Gasteiger partial charge is 0.260 e. The number of nitrogens with zero attached hydrogens (tertiary/aromatic N) is 4. The van der Waals surface area contributed by atoms with E-state index in [-0.39, 0.29) is 22.4 Å². The average Bonchev–Trinajstić information content (AvgIpc) is 3.10. The highest BCUT2D eigenvalue weighted by Crippen LogP contribution is 2.41. The van der Waals surface area contributed by atoms with E-state index < -0.39 is 28.8 Å². The van der Waals surface area contributed by atoms with Crippen LogP contribution in [0.2, 0.25) is 5.02 Å². The Hall–Kier alpha value is -2.91. The van der Waals surface area contributed by atoms with Gasteiger partial charge in [0, 0.05) is 37.0 Å². The molecule has 2 N–H and O–H groups in total. The van der Waals surface area contributed by atoms with Crippen molar-refractivity contribution in [2.45, 2.75) is 78.6 Å². The monoisotopic (exact) mass is 531 g/mol. The van der Waals surface area contributed by atoms with Gasteiger partial charge in [-0.2, -0.15) is 0 Å². The third-order valence-corrected chi connectivity index (χ3v) is 6.66. The first-order valence-electron chi connectivity index (χ1n) is 12.4. The van der Waals surface area contributed by atoms with Crippen molar-refractivity contribution in [3.63, 3.8) is 0 Å². The fourth-order valence-electron chi connectivity index (χ4n) is 5.31. The van der Waals surface area contributed by atoms with Gasteiger partial charge in [-0.05, 0) is 54.5 Å². The molecule has 1 aliphatic heterocycles. The SMILES string of the molecule is Cc1nc(C(C)c2cc(Cl)c(F)c(C(=O)N3CC(C)(C)OC(C)(C)C3)c2OC(C)C)n2ccnc(N)c12. The second-order valence-electron chi connectivity index (χ2n) is 11.2. The Morgan fingerprint density at radius 3 is 2.43 bits per heavy atom. The number of ether oxygens (including phenoxy) is 2. The lowest BCUT2D eigenvalue weighted by Gasteiger charge is -2.47. The van der Waals surface area contributed by atoms with E-state index >= 15 is 4.39 Å². The minimum atomic E-state index is -0.807. The summed E-state index contributed by atoms with van der Waals surface area (Å²) in [5, 5.41) is -0.160. The van der Waals surface area contributed by atoms with Crippen molar-refractivity contribution >= 4 is 28.8 Å². The highest BCUT2D eigenvalue weighted by molar-refractivity contribution is 6.31. The number of carbonyl (C=O) groups is 1. The van der Waals surface area contributed by atoms with E-state index in [0.29, 0.717) is 41.5 Å². The van der Waals surface area contributed by atoms with Crippen molar-refractivity contribution in [1.82, 2.24) is 19.3 Å². The number of rotatable bonds is 5. The number of aryl methyl sites for hydroxylation is 1. The van der Waals surface area contributed by atoms with Crippen molar-refractivity contribution in [3.8, 4) is 5.75 Å². The number of benzene rings is 1. The summed E-state index contributed by atoms with van der Waals surface area (Å²) in [7, 11) is 0. The van der Waals surface area contributed by atoms with Crippen LogP contribution in [0.1, 0.15) is 81.8 Å². The van der Waals surface area contributed by atoms with Gasteiger partial charge in [0.25, 0.3) is 5.91 Å². The zero-order valence-electron chi connectivity index (χ0n) is 22.6. The van der Waals surface area contributed by atoms with Crippen LogP contribution in [0, 0.1) is 12.7 Å². The molecule has 37 heavy (non-hydrogen) atoms. The third kappa shape index (κ3) is 5.11. The van der Waals surface area contributed by atoms with Gasteiger partial charge in [0.05, 0.1) is 28.0 Å². The Labute approximate surface area is 221 Å². The van der Waals surface area contributed by atoms with E-state index in [1.54, 1.807) is 17.3 Å². The number of nitrogens with two attached hydrogens (primary N) is 1. The molecule has 10 heteroatoms. The molecule has 3 aromatic rings. The number of morpholine rings is 1. The lowest BCUT2D eigenvalue weighted by Crippen LogP contribution is -2.58. The van der Waals surface area contributed by atoms with E-state index in [2.05, 4.69) is 4.98 Å². The number of nitrogen functional groups attached to an aromatic ring is 1. The topological polar surface area (TPSA) is 95.0 Å². The standard InChI is InChI=1S/C27H35ClFN5O3/c1-14(2)36-22-17(15(3)24-32-16(4)21-23(30)31-9-10-34(21)24)11-18(28)20(29)19(22)25(35)33-12-26(5,6)37-27(7,8)13-33/h9-11,14-15H,12-13H2,1-8H3,(H2,30,31). The number of amides is 1. The number of halogens is 2. The largest absolute Gasteiger partial charge is 0.490 e. The summed E-state index contributed by atoms with van der Waals surface area (Å²) in [6.07, 6.45) is 3.05. The summed E-state index contributed by atoms with van der Waals surface area (Å²) in [4.78, 5) is 24.5. The van der Waals surface area contributed by atoms with Gasteiger partial charge in [0.1, 0.15) is 28.5 Å². The van der Waals surface area contributed by atoms with E-state index in [1.807, 2.05) is 59.8 Å². The van der Waals surface area contributed by atoms with Crippen molar-refractivity contribution in [3.05, 3.63) is 51.9 Å². The number of fused-ring (bicyclic) bond motifs is 1. The van der Waals surface area contributed by atoms with Crippen LogP contribution >= 0.6 is 11.6 Å². The summed E-state index contributed by atoms with van der Waals surface area (Å²) in [5.41, 5.74) is 6.66. The molecular formula is C27H35ClFN5O3. The Balaban J connectivity index is 1.90. The molecule has 1 aliphatic rings. The minimum Gasteiger partial charge on any atom is -0.490 e. The molecule has 3 heterocycles. The van der Waals surface area contributed by atoms with Gasteiger partial charge < -0.3 is 20.1 Å². The van der Waals surface area contributed by atoms with Crippen molar-refractivity contribution < 1.29 is 18.7 Å². The fraction of sp³-hybridized carbons (Fsp3) is 0.519. The quantitative estimate of drug-likeness (QED) is 0.475. The number of hydrogen-bond donors (Lipinski definition) is 1. The molecule has 1 atom stereocenters. The molecule has 1 aromatic carbocycles. The van der Waals surface area contributed by atoms with Gasteiger partial charge in [0.2, 0.25) is 0 Å². The maximum atomic E-state index is 15.7. The van der Waals surface area contributed by atoms with Crippen LogP contribution in [0.25, 0.3) is 5.52 Å². The number of carbonyl (C=O) groups excluding carboxylic acids is 1. The van der Waals surface area contributed by atoms with E-state index in [4.69, 9.17) is 31.8 Å². The normalized spacial score (nSPS) is 17.9. The van der Waals surface area contributed by atoms with Crippen LogP contribution in [0.15, 0.2) is 18.5 Å². The molecule has 1 fully saturated rings. The van der Waals surface area contributed by atoms with Gasteiger partial charge in [0.15, 0.2) is 5.82 Å². The predicted octanol–water partition coefficient (Wildman–Crippen LogP) is 5.38. The summed E-state index contributed by atoms with van der Waals surface area (Å²) < 4.78 is 29.9. The molecule has 1 amide bonds. The number of hydrogen-bond acceptors (Lipinski definition) is 6. The minimum absolute atomic E-state index is 0.160. The van der Waals surface area contributed by atoms with Gasteiger partial charge in [-0.3, -0.25) is 9.20 Å². The van der Waals surface area contributed by atoms with Crippen molar-refractivity contribution in [1.29, 1.82) is 0 Å². The highest BCUT2D eigenvalue weighted by atomic mass is 35.5. The van der Waals surface area contributed by atoms with Crippen LogP contribution in [-0.4, -0.2) is 55.6 Å². The Morgan fingerprint density at radius 1 is 1.22 bits per heavy atom. The number of anilines is 1. The molecule has 200 valence electrons. The molecule has 2 aromatic heterocycles. The Morgan fingerprint density at radius 2 is 1.84 bits per heavy atom. The molecule has 0 spiro atoms. The van der Waals surface area contributed by atoms with Crippen molar-refractivity contribution in [2.75, 3.05) is 18.8 Å². The lowest BCUT2D eigenvalue weighted by molar-refractivity contribution is -0.171. The molecule has 0 saturated carbocycles.